The van der Waals surface area contributed by atoms with Crippen LogP contribution in [0.3, 0.4) is 0 Å². The van der Waals surface area contributed by atoms with Gasteiger partial charge in [0.05, 0.1) is 23.9 Å². The van der Waals surface area contributed by atoms with Crippen LogP contribution in [0.25, 0.3) is 10.9 Å². The number of nitrogens with one attached hydrogen (secondary N) is 1. The first-order valence-electron chi connectivity index (χ1n) is 11.5. The van der Waals surface area contributed by atoms with E-state index < -0.39 is 6.10 Å². The molecule has 2 N–H and O–H groups in total. The molecule has 3 aromatic rings. The summed E-state index contributed by atoms with van der Waals surface area (Å²) >= 11 is 0. The fourth-order valence-electron chi connectivity index (χ4n) is 4.96. The van der Waals surface area contributed by atoms with Crippen LogP contribution in [0.2, 0.25) is 0 Å². The van der Waals surface area contributed by atoms with Gasteiger partial charge in [-0.05, 0) is 44.2 Å². The molecule has 0 radical (unpaired) electrons. The van der Waals surface area contributed by atoms with Crippen LogP contribution in [0.4, 0.5) is 11.6 Å². The average molecular weight is 436 g/mol. The van der Waals surface area contributed by atoms with E-state index >= 15 is 0 Å². The number of anilines is 2. The van der Waals surface area contributed by atoms with Gasteiger partial charge in [-0.25, -0.2) is 14.6 Å². The minimum atomic E-state index is -0.511. The summed E-state index contributed by atoms with van der Waals surface area (Å²) in [6.07, 6.45) is 11.3. The van der Waals surface area contributed by atoms with E-state index in [0.717, 1.165) is 74.0 Å². The lowest BCUT2D eigenvalue weighted by molar-refractivity contribution is 0.0669. The van der Waals surface area contributed by atoms with Crippen molar-refractivity contribution in [3.63, 3.8) is 0 Å². The first kappa shape index (κ1) is 20.8. The summed E-state index contributed by atoms with van der Waals surface area (Å²) in [7, 11) is 0. The fourth-order valence-corrected chi connectivity index (χ4v) is 4.96. The van der Waals surface area contributed by atoms with Crippen molar-refractivity contribution in [2.75, 3.05) is 23.3 Å². The molecule has 0 amide bonds. The molecule has 3 unspecified atom stereocenters. The molecule has 1 aliphatic carbocycles. The van der Waals surface area contributed by atoms with Crippen molar-refractivity contribution in [3.8, 4) is 0 Å². The molecule has 1 saturated heterocycles. The Balaban J connectivity index is 1.38. The molecule has 0 aromatic carbocycles. The Bertz CT molecular complexity index is 1130. The fraction of sp³-hybridized carbons (Fsp3) is 0.522. The number of aliphatic hydroxyl groups excluding tert-OH is 1. The van der Waals surface area contributed by atoms with E-state index in [2.05, 4.69) is 25.2 Å². The Hall–Kier alpha value is -3.07. The summed E-state index contributed by atoms with van der Waals surface area (Å²) in [5.41, 5.74) is 0.665. The summed E-state index contributed by atoms with van der Waals surface area (Å²) < 4.78 is 1.52. The minimum Gasteiger partial charge on any atom is -0.391 e. The lowest BCUT2D eigenvalue weighted by atomic mass is 9.93. The van der Waals surface area contributed by atoms with Gasteiger partial charge in [0.25, 0.3) is 5.56 Å². The van der Waals surface area contributed by atoms with E-state index in [0.29, 0.717) is 6.54 Å². The molecule has 9 nitrogen and oxygen atoms in total. The lowest BCUT2D eigenvalue weighted by Crippen LogP contribution is -2.45. The van der Waals surface area contributed by atoms with Crippen molar-refractivity contribution < 1.29 is 5.11 Å². The Morgan fingerprint density at radius 3 is 2.84 bits per heavy atom. The summed E-state index contributed by atoms with van der Waals surface area (Å²) in [5, 5.41) is 19.6. The van der Waals surface area contributed by atoms with Crippen molar-refractivity contribution in [3.05, 3.63) is 47.3 Å². The highest BCUT2D eigenvalue weighted by Crippen LogP contribution is 2.29. The smallest absolute Gasteiger partial charge is 0.267 e. The molecule has 5 rings (SSSR count). The normalized spacial score (nSPS) is 23.9. The van der Waals surface area contributed by atoms with Crippen LogP contribution in [0, 0.1) is 0 Å². The molecular formula is C23H29N7O2. The maximum atomic E-state index is 12.6. The second-order valence-corrected chi connectivity index (χ2v) is 8.73. The van der Waals surface area contributed by atoms with Crippen molar-refractivity contribution in [2.24, 2.45) is 0 Å². The highest BCUT2D eigenvalue weighted by molar-refractivity contribution is 5.87. The molecule has 32 heavy (non-hydrogen) atoms. The van der Waals surface area contributed by atoms with E-state index in [4.69, 9.17) is 5.10 Å². The molecule has 0 bridgehead atoms. The van der Waals surface area contributed by atoms with Crippen molar-refractivity contribution in [1.82, 2.24) is 24.7 Å². The number of hydrogen-bond donors (Lipinski definition) is 2. The van der Waals surface area contributed by atoms with E-state index in [9.17, 15) is 9.90 Å². The first-order chi connectivity index (χ1) is 15.7. The number of rotatable bonds is 5. The topological polar surface area (TPSA) is 109 Å². The molecule has 1 aliphatic heterocycles. The summed E-state index contributed by atoms with van der Waals surface area (Å²) in [6, 6.07) is 5.32. The van der Waals surface area contributed by atoms with Crippen molar-refractivity contribution in [1.29, 1.82) is 0 Å². The van der Waals surface area contributed by atoms with Crippen LogP contribution in [-0.2, 0) is 0 Å². The van der Waals surface area contributed by atoms with Gasteiger partial charge in [0.1, 0.15) is 18.0 Å². The summed E-state index contributed by atoms with van der Waals surface area (Å²) in [6.45, 7) is 1.60. The third-order valence-corrected chi connectivity index (χ3v) is 6.68. The van der Waals surface area contributed by atoms with Gasteiger partial charge in [0.2, 0.25) is 0 Å². The summed E-state index contributed by atoms with van der Waals surface area (Å²) in [5.74, 6) is 1.59. The monoisotopic (exact) mass is 435 g/mol. The van der Waals surface area contributed by atoms with Gasteiger partial charge in [-0.15, -0.1) is 0 Å². The molecular weight excluding hydrogens is 406 g/mol. The maximum Gasteiger partial charge on any atom is 0.267 e. The van der Waals surface area contributed by atoms with Crippen LogP contribution < -0.4 is 15.8 Å². The van der Waals surface area contributed by atoms with E-state index in [-0.39, 0.29) is 17.6 Å². The van der Waals surface area contributed by atoms with Crippen molar-refractivity contribution in [2.45, 2.75) is 63.1 Å². The third kappa shape index (κ3) is 4.17. The molecule has 0 spiro atoms. The standard InChI is InChI=1S/C23H29N7O2/c31-20-7-2-1-6-19(20)30-22(32)9-8-21(28-30)29-12-4-3-5-16(29)13-25-23-17-10-11-24-14-18(17)26-15-27-23/h8-11,14-16,19-20,31H,1-7,12-13H2,(H,25,26,27). The molecule has 168 valence electrons. The zero-order chi connectivity index (χ0) is 21.9. The van der Waals surface area contributed by atoms with E-state index in [1.54, 1.807) is 24.8 Å². The molecule has 3 atom stereocenters. The zero-order valence-electron chi connectivity index (χ0n) is 18.1. The third-order valence-electron chi connectivity index (χ3n) is 6.68. The predicted molar refractivity (Wildman–Crippen MR) is 123 cm³/mol. The molecule has 2 fully saturated rings. The van der Waals surface area contributed by atoms with Gasteiger partial charge >= 0.3 is 0 Å². The molecule has 3 aromatic heterocycles. The van der Waals surface area contributed by atoms with Gasteiger partial charge in [-0.1, -0.05) is 12.8 Å². The number of aromatic nitrogens is 5. The van der Waals surface area contributed by atoms with Gasteiger partial charge in [0, 0.05) is 36.8 Å². The highest BCUT2D eigenvalue weighted by Gasteiger charge is 2.29. The largest absolute Gasteiger partial charge is 0.391 e. The number of fused-ring (bicyclic) bond motifs is 1. The maximum absolute atomic E-state index is 12.6. The van der Waals surface area contributed by atoms with E-state index in [1.807, 2.05) is 12.1 Å². The number of piperidine rings is 1. The van der Waals surface area contributed by atoms with Gasteiger partial charge in [-0.3, -0.25) is 9.78 Å². The van der Waals surface area contributed by atoms with Crippen molar-refractivity contribution >= 4 is 22.5 Å². The second-order valence-electron chi connectivity index (χ2n) is 8.73. The Labute approximate surface area is 186 Å². The Morgan fingerprint density at radius 1 is 1.06 bits per heavy atom. The van der Waals surface area contributed by atoms with Gasteiger partial charge in [-0.2, -0.15) is 5.10 Å². The lowest BCUT2D eigenvalue weighted by Gasteiger charge is -2.37. The molecule has 9 heteroatoms. The predicted octanol–water partition coefficient (Wildman–Crippen LogP) is 2.53. The van der Waals surface area contributed by atoms with Crippen LogP contribution in [0.1, 0.15) is 51.0 Å². The van der Waals surface area contributed by atoms with Crippen LogP contribution in [0.5, 0.6) is 0 Å². The van der Waals surface area contributed by atoms with Gasteiger partial charge < -0.3 is 15.3 Å². The van der Waals surface area contributed by atoms with E-state index in [1.165, 1.54) is 4.68 Å². The Morgan fingerprint density at radius 2 is 1.94 bits per heavy atom. The van der Waals surface area contributed by atoms with Crippen LogP contribution >= 0.6 is 0 Å². The first-order valence-corrected chi connectivity index (χ1v) is 11.5. The SMILES string of the molecule is O=c1ccc(N2CCCCC2CNc2ncnc3cnccc23)nn1C1CCCCC1O. The van der Waals surface area contributed by atoms with Crippen LogP contribution in [0.15, 0.2) is 41.7 Å². The number of aliphatic hydroxyl groups is 1. The number of hydrogen-bond acceptors (Lipinski definition) is 8. The quantitative estimate of drug-likeness (QED) is 0.629. The zero-order valence-corrected chi connectivity index (χ0v) is 18.1. The van der Waals surface area contributed by atoms with Gasteiger partial charge in [0.15, 0.2) is 0 Å². The molecule has 4 heterocycles. The van der Waals surface area contributed by atoms with Crippen LogP contribution in [-0.4, -0.2) is 55.1 Å². The molecule has 1 saturated carbocycles. The highest BCUT2D eigenvalue weighted by atomic mass is 16.3. The number of nitrogens with zero attached hydrogens (tertiary/aromatic N) is 6. The minimum absolute atomic E-state index is 0.146. The Kier molecular flexibility index (Phi) is 5.98. The number of pyridine rings is 1. The average Bonchev–Trinajstić information content (AvgIpc) is 2.84. The summed E-state index contributed by atoms with van der Waals surface area (Å²) in [4.78, 5) is 27.7. The second kappa shape index (κ2) is 9.20. The molecule has 2 aliphatic rings.